The lowest BCUT2D eigenvalue weighted by Gasteiger charge is -2.50. The summed E-state index contributed by atoms with van der Waals surface area (Å²) in [4.78, 5) is 10.6. The number of hydrogen-bond acceptors (Lipinski definition) is 6. The van der Waals surface area contributed by atoms with E-state index >= 15 is 0 Å². The molecule has 0 radical (unpaired) electrons. The van der Waals surface area contributed by atoms with Gasteiger partial charge in [0.25, 0.3) is 0 Å². The third-order valence-corrected chi connectivity index (χ3v) is 4.16. The summed E-state index contributed by atoms with van der Waals surface area (Å²) >= 11 is 0. The molecule has 0 bridgehead atoms. The van der Waals surface area contributed by atoms with Crippen LogP contribution in [0.5, 0.6) is 17.6 Å². The van der Waals surface area contributed by atoms with Crippen LogP contribution in [0.1, 0.15) is 32.6 Å². The molecule has 122 valence electrons. The fraction of sp³-hybridized carbons (Fsp3) is 0.438. The minimum absolute atomic E-state index is 0.100. The van der Waals surface area contributed by atoms with Crippen LogP contribution < -0.4 is 14.8 Å². The standard InChI is InChI=1S/C16H19N3O4/c1-15(8-16(2,9-15)17-10-20)13-18-19-14(23-13)22-12-6-4-11(21-3)5-7-12/h4-7,10H,8-9H2,1-3H3,(H,17,20). The molecule has 0 aliphatic heterocycles. The lowest BCUT2D eigenvalue weighted by atomic mass is 9.59. The van der Waals surface area contributed by atoms with Crippen LogP contribution in [0.4, 0.5) is 0 Å². The Morgan fingerprint density at radius 1 is 1.17 bits per heavy atom. The van der Waals surface area contributed by atoms with Gasteiger partial charge < -0.3 is 19.2 Å². The molecule has 0 unspecified atom stereocenters. The summed E-state index contributed by atoms with van der Waals surface area (Å²) in [7, 11) is 1.60. The summed E-state index contributed by atoms with van der Waals surface area (Å²) < 4.78 is 16.3. The van der Waals surface area contributed by atoms with Crippen molar-refractivity contribution in [2.45, 2.75) is 37.6 Å². The minimum Gasteiger partial charge on any atom is -0.497 e. The molecule has 23 heavy (non-hydrogen) atoms. The van der Waals surface area contributed by atoms with E-state index in [4.69, 9.17) is 13.9 Å². The van der Waals surface area contributed by atoms with Gasteiger partial charge in [0.2, 0.25) is 12.3 Å². The molecule has 1 aliphatic rings. The number of ether oxygens (including phenoxy) is 2. The zero-order chi connectivity index (χ0) is 16.5. The van der Waals surface area contributed by atoms with Crippen LogP contribution in [0.15, 0.2) is 28.7 Å². The van der Waals surface area contributed by atoms with Crippen molar-refractivity contribution in [1.82, 2.24) is 15.5 Å². The van der Waals surface area contributed by atoms with E-state index in [1.807, 2.05) is 13.8 Å². The van der Waals surface area contributed by atoms with Gasteiger partial charge in [0.15, 0.2) is 0 Å². The molecule has 0 saturated heterocycles. The molecule has 3 rings (SSSR count). The number of rotatable bonds is 6. The van der Waals surface area contributed by atoms with Crippen molar-refractivity contribution < 1.29 is 18.7 Å². The molecule has 2 aromatic rings. The lowest BCUT2D eigenvalue weighted by molar-refractivity contribution is -0.113. The van der Waals surface area contributed by atoms with Crippen molar-refractivity contribution in [1.29, 1.82) is 0 Å². The molecule has 1 heterocycles. The molecule has 1 aliphatic carbocycles. The van der Waals surface area contributed by atoms with E-state index in [1.54, 1.807) is 31.4 Å². The fourth-order valence-corrected chi connectivity index (χ4v) is 3.31. The maximum atomic E-state index is 10.6. The van der Waals surface area contributed by atoms with Gasteiger partial charge in [0.05, 0.1) is 12.5 Å². The average Bonchev–Trinajstić information content (AvgIpc) is 2.96. The molecule has 1 saturated carbocycles. The normalized spacial score (nSPS) is 26.2. The Morgan fingerprint density at radius 3 is 2.43 bits per heavy atom. The van der Waals surface area contributed by atoms with Crippen LogP contribution in [0.3, 0.4) is 0 Å². The second-order valence-corrected chi connectivity index (χ2v) is 6.39. The van der Waals surface area contributed by atoms with Gasteiger partial charge in [-0.3, -0.25) is 4.79 Å². The molecule has 0 atom stereocenters. The van der Waals surface area contributed by atoms with Crippen LogP contribution in [-0.2, 0) is 10.2 Å². The van der Waals surface area contributed by atoms with Crippen LogP contribution in [0.25, 0.3) is 0 Å². The highest BCUT2D eigenvalue weighted by atomic mass is 16.6. The lowest BCUT2D eigenvalue weighted by Crippen LogP contribution is -2.59. The van der Waals surface area contributed by atoms with Crippen LogP contribution in [-0.4, -0.2) is 29.3 Å². The second-order valence-electron chi connectivity index (χ2n) is 6.39. The summed E-state index contributed by atoms with van der Waals surface area (Å²) in [5, 5.41) is 10.8. The van der Waals surface area contributed by atoms with Crippen LogP contribution in [0, 0.1) is 0 Å². The van der Waals surface area contributed by atoms with E-state index in [0.717, 1.165) is 25.0 Å². The van der Waals surface area contributed by atoms with Crippen molar-refractivity contribution in [3.8, 4) is 17.6 Å². The summed E-state index contributed by atoms with van der Waals surface area (Å²) in [6.45, 7) is 4.03. The minimum atomic E-state index is -0.251. The highest BCUT2D eigenvalue weighted by molar-refractivity contribution is 5.49. The molecule has 0 spiro atoms. The number of hydrogen-bond donors (Lipinski definition) is 1. The maximum absolute atomic E-state index is 10.6. The van der Waals surface area contributed by atoms with Gasteiger partial charge in [0, 0.05) is 5.54 Å². The van der Waals surface area contributed by atoms with Crippen molar-refractivity contribution in [2.24, 2.45) is 0 Å². The Labute approximate surface area is 134 Å². The smallest absolute Gasteiger partial charge is 0.420 e. The number of aromatic nitrogens is 2. The van der Waals surface area contributed by atoms with E-state index in [1.165, 1.54) is 0 Å². The third-order valence-electron chi connectivity index (χ3n) is 4.16. The fourth-order valence-electron chi connectivity index (χ4n) is 3.31. The summed E-state index contributed by atoms with van der Waals surface area (Å²) in [6, 6.07) is 7.10. The second kappa shape index (κ2) is 5.57. The van der Waals surface area contributed by atoms with Crippen LogP contribution >= 0.6 is 0 Å². The van der Waals surface area contributed by atoms with Gasteiger partial charge in [-0.05, 0) is 44.0 Å². The first kappa shape index (κ1) is 15.3. The number of benzene rings is 1. The van der Waals surface area contributed by atoms with E-state index in [-0.39, 0.29) is 17.0 Å². The maximum Gasteiger partial charge on any atom is 0.420 e. The Balaban J connectivity index is 1.67. The first-order chi connectivity index (χ1) is 11.0. The highest BCUT2D eigenvalue weighted by Gasteiger charge is 2.53. The summed E-state index contributed by atoms with van der Waals surface area (Å²) in [6.07, 6.45) is 2.31. The average molecular weight is 317 g/mol. The van der Waals surface area contributed by atoms with Crippen LogP contribution in [0.2, 0.25) is 0 Å². The van der Waals surface area contributed by atoms with Gasteiger partial charge in [-0.2, -0.15) is 0 Å². The Hall–Kier alpha value is -2.57. The topological polar surface area (TPSA) is 86.5 Å². The monoisotopic (exact) mass is 317 g/mol. The van der Waals surface area contributed by atoms with Crippen molar-refractivity contribution in [3.05, 3.63) is 30.2 Å². The van der Waals surface area contributed by atoms with Gasteiger partial charge in [-0.1, -0.05) is 12.0 Å². The molecule has 1 fully saturated rings. The number of carbonyl (C=O) groups is 1. The number of nitrogens with zero attached hydrogens (tertiary/aromatic N) is 2. The highest BCUT2D eigenvalue weighted by Crippen LogP contribution is 2.49. The third kappa shape index (κ3) is 2.99. The zero-order valence-electron chi connectivity index (χ0n) is 13.3. The van der Waals surface area contributed by atoms with E-state index in [0.29, 0.717) is 11.6 Å². The van der Waals surface area contributed by atoms with Crippen molar-refractivity contribution in [3.63, 3.8) is 0 Å². The van der Waals surface area contributed by atoms with E-state index in [9.17, 15) is 4.79 Å². The number of methoxy groups -OCH3 is 1. The van der Waals surface area contributed by atoms with Crippen molar-refractivity contribution in [2.75, 3.05) is 7.11 Å². The first-order valence-corrected chi connectivity index (χ1v) is 7.34. The van der Waals surface area contributed by atoms with E-state index < -0.39 is 0 Å². The molecule has 1 aromatic heterocycles. The number of carbonyl (C=O) groups excluding carboxylic acids is 1. The largest absolute Gasteiger partial charge is 0.497 e. The number of nitrogens with one attached hydrogen (secondary N) is 1. The molecule has 1 aromatic carbocycles. The predicted octanol–water partition coefficient (Wildman–Crippen LogP) is 2.43. The molecular weight excluding hydrogens is 298 g/mol. The quantitative estimate of drug-likeness (QED) is 0.823. The molecule has 1 N–H and O–H groups in total. The summed E-state index contributed by atoms with van der Waals surface area (Å²) in [5.74, 6) is 1.85. The summed E-state index contributed by atoms with van der Waals surface area (Å²) in [5.41, 5.74) is -0.471. The molecular formula is C16H19N3O4. The molecule has 7 heteroatoms. The Morgan fingerprint density at radius 2 is 1.83 bits per heavy atom. The molecule has 7 nitrogen and oxygen atoms in total. The van der Waals surface area contributed by atoms with E-state index in [2.05, 4.69) is 15.5 Å². The Bertz CT molecular complexity index is 690. The zero-order valence-corrected chi connectivity index (χ0v) is 13.3. The first-order valence-electron chi connectivity index (χ1n) is 7.34. The SMILES string of the molecule is COc1ccc(Oc2nnc(C3(C)CC(C)(NC=O)C3)o2)cc1. The van der Waals surface area contributed by atoms with Gasteiger partial charge >= 0.3 is 6.08 Å². The van der Waals surface area contributed by atoms with Crippen molar-refractivity contribution >= 4 is 6.41 Å². The Kier molecular flexibility index (Phi) is 3.71. The molecule has 1 amide bonds. The van der Waals surface area contributed by atoms with Gasteiger partial charge in [-0.25, -0.2) is 0 Å². The predicted molar refractivity (Wildman–Crippen MR) is 81.6 cm³/mol. The number of amides is 1. The van der Waals surface area contributed by atoms with Gasteiger partial charge in [-0.15, -0.1) is 5.10 Å². The van der Waals surface area contributed by atoms with Gasteiger partial charge in [0.1, 0.15) is 11.5 Å².